The van der Waals surface area contributed by atoms with E-state index in [9.17, 15) is 0 Å². The van der Waals surface area contributed by atoms with Crippen molar-refractivity contribution in [1.82, 2.24) is 9.97 Å². The minimum absolute atomic E-state index is 1.03. The quantitative estimate of drug-likeness (QED) is 0.160. The Morgan fingerprint density at radius 2 is 0.947 bits per heavy atom. The van der Waals surface area contributed by atoms with Gasteiger partial charge in [0.05, 0.1) is 0 Å². The van der Waals surface area contributed by atoms with E-state index in [2.05, 4.69) is 98.8 Å². The Labute approximate surface area is 229 Å². The summed E-state index contributed by atoms with van der Waals surface area (Å²) in [5, 5.41) is 0. The SMILES string of the molecule is CCCCCCc1cc(-c2ccccc2)c(/C=C\c2cnc(CCCCCC)cc2-c2ccccc2)cn1. The topological polar surface area (TPSA) is 25.8 Å². The molecule has 2 nitrogen and oxygen atoms in total. The van der Waals surface area contributed by atoms with Gasteiger partial charge in [0.1, 0.15) is 0 Å². The number of hydrogen-bond donors (Lipinski definition) is 0. The van der Waals surface area contributed by atoms with Crippen molar-refractivity contribution >= 4 is 12.2 Å². The second-order valence-corrected chi connectivity index (χ2v) is 10.2. The molecule has 4 rings (SSSR count). The first-order valence-corrected chi connectivity index (χ1v) is 14.5. The molecule has 38 heavy (non-hydrogen) atoms. The Morgan fingerprint density at radius 1 is 0.526 bits per heavy atom. The average Bonchev–Trinajstić information content (AvgIpc) is 2.98. The largest absolute Gasteiger partial charge is 0.261 e. The van der Waals surface area contributed by atoms with Crippen LogP contribution < -0.4 is 0 Å². The monoisotopic (exact) mass is 502 g/mol. The van der Waals surface area contributed by atoms with Crippen LogP contribution in [0.5, 0.6) is 0 Å². The summed E-state index contributed by atoms with van der Waals surface area (Å²) in [5.41, 5.74) is 9.56. The maximum absolute atomic E-state index is 4.85. The van der Waals surface area contributed by atoms with Crippen molar-refractivity contribution in [3.05, 3.63) is 108 Å². The minimum atomic E-state index is 1.03. The minimum Gasteiger partial charge on any atom is -0.261 e. The molecular weight excluding hydrogens is 460 g/mol. The number of rotatable bonds is 14. The van der Waals surface area contributed by atoms with Crippen LogP contribution in [0.3, 0.4) is 0 Å². The third kappa shape index (κ3) is 7.99. The molecule has 0 saturated carbocycles. The van der Waals surface area contributed by atoms with Crippen molar-refractivity contribution in [3.8, 4) is 22.3 Å². The second-order valence-electron chi connectivity index (χ2n) is 10.2. The summed E-state index contributed by atoms with van der Waals surface area (Å²) in [6.07, 6.45) is 20.6. The van der Waals surface area contributed by atoms with Gasteiger partial charge in [0.15, 0.2) is 0 Å². The number of unbranched alkanes of at least 4 members (excludes halogenated alkanes) is 6. The van der Waals surface area contributed by atoms with Gasteiger partial charge in [0.2, 0.25) is 0 Å². The molecule has 2 aromatic carbocycles. The predicted octanol–water partition coefficient (Wildman–Crippen LogP) is 10.2. The van der Waals surface area contributed by atoms with E-state index in [4.69, 9.17) is 9.97 Å². The van der Waals surface area contributed by atoms with E-state index in [1.807, 2.05) is 12.4 Å². The zero-order valence-corrected chi connectivity index (χ0v) is 23.2. The lowest BCUT2D eigenvalue weighted by molar-refractivity contribution is 0.661. The van der Waals surface area contributed by atoms with Gasteiger partial charge < -0.3 is 0 Å². The fourth-order valence-electron chi connectivity index (χ4n) is 4.94. The number of hydrogen-bond acceptors (Lipinski definition) is 2. The van der Waals surface area contributed by atoms with Crippen LogP contribution in [0.4, 0.5) is 0 Å². The second kappa shape index (κ2) is 15.0. The molecule has 0 aliphatic rings. The average molecular weight is 503 g/mol. The number of pyridine rings is 2. The van der Waals surface area contributed by atoms with Gasteiger partial charge >= 0.3 is 0 Å². The molecule has 0 aliphatic heterocycles. The van der Waals surface area contributed by atoms with E-state index < -0.39 is 0 Å². The maximum atomic E-state index is 4.85. The number of aromatic nitrogens is 2. The fraction of sp³-hybridized carbons (Fsp3) is 0.333. The Hall–Kier alpha value is -3.52. The highest BCUT2D eigenvalue weighted by molar-refractivity contribution is 5.85. The van der Waals surface area contributed by atoms with Crippen LogP contribution in [0.15, 0.2) is 85.2 Å². The smallest absolute Gasteiger partial charge is 0.0410 e. The summed E-state index contributed by atoms with van der Waals surface area (Å²) in [6, 6.07) is 25.9. The fourth-order valence-corrected chi connectivity index (χ4v) is 4.94. The first-order valence-electron chi connectivity index (χ1n) is 14.5. The molecule has 0 aliphatic carbocycles. The van der Waals surface area contributed by atoms with Gasteiger partial charge in [-0.2, -0.15) is 0 Å². The molecule has 0 radical (unpaired) electrons. The first-order chi connectivity index (χ1) is 18.8. The molecule has 0 bridgehead atoms. The van der Waals surface area contributed by atoms with Crippen LogP contribution in [0, 0.1) is 0 Å². The summed E-state index contributed by atoms with van der Waals surface area (Å²) < 4.78 is 0. The van der Waals surface area contributed by atoms with Crippen LogP contribution >= 0.6 is 0 Å². The van der Waals surface area contributed by atoms with E-state index in [0.29, 0.717) is 0 Å². The lowest BCUT2D eigenvalue weighted by Gasteiger charge is -2.11. The highest BCUT2D eigenvalue weighted by Crippen LogP contribution is 2.29. The van der Waals surface area contributed by atoms with E-state index in [-0.39, 0.29) is 0 Å². The Morgan fingerprint density at radius 3 is 1.34 bits per heavy atom. The maximum Gasteiger partial charge on any atom is 0.0410 e. The van der Waals surface area contributed by atoms with Crippen molar-refractivity contribution in [3.63, 3.8) is 0 Å². The van der Waals surface area contributed by atoms with Crippen LogP contribution in [-0.4, -0.2) is 9.97 Å². The van der Waals surface area contributed by atoms with Crippen molar-refractivity contribution in [2.75, 3.05) is 0 Å². The predicted molar refractivity (Wildman–Crippen MR) is 164 cm³/mol. The molecule has 2 heteroatoms. The molecule has 0 unspecified atom stereocenters. The Kier molecular flexibility index (Phi) is 10.9. The van der Waals surface area contributed by atoms with Crippen LogP contribution in [0.25, 0.3) is 34.4 Å². The third-order valence-corrected chi connectivity index (χ3v) is 7.17. The van der Waals surface area contributed by atoms with Crippen molar-refractivity contribution in [2.45, 2.75) is 78.1 Å². The third-order valence-electron chi connectivity index (χ3n) is 7.17. The summed E-state index contributed by atoms with van der Waals surface area (Å²) in [5.74, 6) is 0. The summed E-state index contributed by atoms with van der Waals surface area (Å²) in [4.78, 5) is 9.70. The van der Waals surface area contributed by atoms with Crippen molar-refractivity contribution in [2.24, 2.45) is 0 Å². The normalized spacial score (nSPS) is 11.3. The van der Waals surface area contributed by atoms with E-state index in [0.717, 1.165) is 24.0 Å². The van der Waals surface area contributed by atoms with Gasteiger partial charge in [-0.1, -0.05) is 125 Å². The molecular formula is C36H42N2. The lowest BCUT2D eigenvalue weighted by Crippen LogP contribution is -1.95. The molecule has 196 valence electrons. The highest BCUT2D eigenvalue weighted by Gasteiger charge is 2.09. The molecule has 0 atom stereocenters. The van der Waals surface area contributed by atoms with Gasteiger partial charge in [0.25, 0.3) is 0 Å². The zero-order chi connectivity index (χ0) is 26.4. The summed E-state index contributed by atoms with van der Waals surface area (Å²) in [6.45, 7) is 4.51. The molecule has 0 saturated heterocycles. The van der Waals surface area contributed by atoms with E-state index in [1.54, 1.807) is 0 Å². The van der Waals surface area contributed by atoms with Gasteiger partial charge in [0, 0.05) is 34.9 Å². The van der Waals surface area contributed by atoms with Crippen LogP contribution in [0.1, 0.15) is 87.7 Å². The lowest BCUT2D eigenvalue weighted by atomic mass is 9.96. The van der Waals surface area contributed by atoms with E-state index >= 15 is 0 Å². The summed E-state index contributed by atoms with van der Waals surface area (Å²) in [7, 11) is 0. The van der Waals surface area contributed by atoms with E-state index in [1.165, 1.54) is 85.0 Å². The van der Waals surface area contributed by atoms with Gasteiger partial charge in [-0.15, -0.1) is 0 Å². The molecule has 0 N–H and O–H groups in total. The van der Waals surface area contributed by atoms with Crippen molar-refractivity contribution < 1.29 is 0 Å². The molecule has 0 spiro atoms. The molecule has 0 fully saturated rings. The molecule has 2 heterocycles. The standard InChI is InChI=1S/C36H42N2/c1-3-5-7-15-21-33-25-35(29-17-11-9-12-18-29)31(27-37-33)23-24-32-28-38-34(22-16-8-6-4-2)26-36(32)30-19-13-10-14-20-30/h9-14,17-20,23-28H,3-8,15-16,21-22H2,1-2H3/b24-23-. The number of nitrogens with zero attached hydrogens (tertiary/aromatic N) is 2. The molecule has 4 aromatic rings. The first kappa shape index (κ1) is 27.5. The summed E-state index contributed by atoms with van der Waals surface area (Å²) >= 11 is 0. The van der Waals surface area contributed by atoms with Crippen LogP contribution in [-0.2, 0) is 12.8 Å². The van der Waals surface area contributed by atoms with Gasteiger partial charge in [-0.3, -0.25) is 9.97 Å². The Bertz CT molecular complexity index is 1170. The number of aryl methyl sites for hydroxylation is 2. The highest BCUT2D eigenvalue weighted by atomic mass is 14.7. The van der Waals surface area contributed by atoms with Gasteiger partial charge in [-0.25, -0.2) is 0 Å². The van der Waals surface area contributed by atoms with Crippen LogP contribution in [0.2, 0.25) is 0 Å². The molecule has 0 amide bonds. The van der Waals surface area contributed by atoms with Crippen molar-refractivity contribution in [1.29, 1.82) is 0 Å². The molecule has 2 aromatic heterocycles. The number of benzene rings is 2. The zero-order valence-electron chi connectivity index (χ0n) is 23.2. The van der Waals surface area contributed by atoms with Gasteiger partial charge in [-0.05, 0) is 60.1 Å². The Balaban J connectivity index is 1.64.